The van der Waals surface area contributed by atoms with Gasteiger partial charge in [0.2, 0.25) is 0 Å². The number of likely N-dealkylation sites (N-methyl/N-ethyl adjacent to an activating group) is 1. The number of benzene rings is 1. The van der Waals surface area contributed by atoms with E-state index in [1.165, 1.54) is 4.90 Å². The lowest BCUT2D eigenvalue weighted by atomic mass is 10.1. The number of amides is 1. The number of rotatable bonds is 2. The van der Waals surface area contributed by atoms with Crippen LogP contribution in [0.15, 0.2) is 29.8 Å². The molecule has 0 unspecified atom stereocenters. The van der Waals surface area contributed by atoms with Crippen molar-refractivity contribution in [3.63, 3.8) is 0 Å². The van der Waals surface area contributed by atoms with E-state index in [4.69, 9.17) is 11.6 Å². The van der Waals surface area contributed by atoms with Crippen LogP contribution in [0.2, 0.25) is 0 Å². The lowest BCUT2D eigenvalue weighted by Gasteiger charge is -2.17. The molecule has 1 aromatic carbocycles. The Balaban J connectivity index is 3.06. The fourth-order valence-corrected chi connectivity index (χ4v) is 1.57. The summed E-state index contributed by atoms with van der Waals surface area (Å²) in [6.45, 7) is 7.40. The topological polar surface area (TPSA) is 20.3 Å². The Hall–Kier alpha value is -1.28. The van der Waals surface area contributed by atoms with Crippen molar-refractivity contribution < 1.29 is 4.79 Å². The van der Waals surface area contributed by atoms with Crippen molar-refractivity contribution in [1.82, 2.24) is 0 Å². The Labute approximate surface area is 95.2 Å². The van der Waals surface area contributed by atoms with Crippen LogP contribution in [0.25, 0.3) is 0 Å². The summed E-state index contributed by atoms with van der Waals surface area (Å²) in [4.78, 5) is 13.1. The Morgan fingerprint density at radius 1 is 1.27 bits per heavy atom. The highest BCUT2D eigenvalue weighted by atomic mass is 35.5. The van der Waals surface area contributed by atoms with Crippen LogP contribution in [0.5, 0.6) is 0 Å². The van der Waals surface area contributed by atoms with Gasteiger partial charge in [-0.2, -0.15) is 0 Å². The quantitative estimate of drug-likeness (QED) is 0.706. The van der Waals surface area contributed by atoms with Gasteiger partial charge in [-0.25, -0.2) is 0 Å². The minimum atomic E-state index is -0.276. The molecule has 3 heteroatoms. The standard InChI is InChI=1S/C12H14ClNO/c1-8-5-9(2)7-11(6-8)14(4)12(15)10(3)13/h5-7H,3H2,1-2,4H3. The maximum Gasteiger partial charge on any atom is 0.268 e. The van der Waals surface area contributed by atoms with Crippen LogP contribution < -0.4 is 4.90 Å². The number of hydrogen-bond donors (Lipinski definition) is 0. The molecule has 0 radical (unpaired) electrons. The van der Waals surface area contributed by atoms with Gasteiger partial charge in [-0.3, -0.25) is 4.79 Å². The first-order valence-corrected chi connectivity index (χ1v) is 5.00. The number of aryl methyl sites for hydroxylation is 2. The third-order valence-corrected chi connectivity index (χ3v) is 2.29. The van der Waals surface area contributed by atoms with Crippen LogP contribution in [0.3, 0.4) is 0 Å². The van der Waals surface area contributed by atoms with Crippen molar-refractivity contribution in [1.29, 1.82) is 0 Å². The van der Waals surface area contributed by atoms with Crippen LogP contribution in [0, 0.1) is 13.8 Å². The fraction of sp³-hybridized carbons (Fsp3) is 0.250. The minimum Gasteiger partial charge on any atom is -0.311 e. The molecular weight excluding hydrogens is 210 g/mol. The fourth-order valence-electron chi connectivity index (χ4n) is 1.44. The molecule has 1 amide bonds. The summed E-state index contributed by atoms with van der Waals surface area (Å²) >= 11 is 5.57. The van der Waals surface area contributed by atoms with Gasteiger partial charge in [0.25, 0.3) is 5.91 Å². The largest absolute Gasteiger partial charge is 0.311 e. The molecule has 0 aliphatic rings. The number of halogens is 1. The van der Waals surface area contributed by atoms with Gasteiger partial charge in [0.1, 0.15) is 0 Å². The smallest absolute Gasteiger partial charge is 0.268 e. The number of carbonyl (C=O) groups excluding carboxylic acids is 1. The third kappa shape index (κ3) is 2.83. The second-order valence-electron chi connectivity index (χ2n) is 3.61. The van der Waals surface area contributed by atoms with Gasteiger partial charge in [-0.05, 0) is 37.1 Å². The summed E-state index contributed by atoms with van der Waals surface area (Å²) in [7, 11) is 1.68. The molecule has 0 aromatic heterocycles. The zero-order chi connectivity index (χ0) is 11.6. The number of carbonyl (C=O) groups is 1. The van der Waals surface area contributed by atoms with Crippen molar-refractivity contribution in [3.8, 4) is 0 Å². The van der Waals surface area contributed by atoms with Crippen molar-refractivity contribution in [2.24, 2.45) is 0 Å². The van der Waals surface area contributed by atoms with Gasteiger partial charge < -0.3 is 4.90 Å². The van der Waals surface area contributed by atoms with Crippen molar-refractivity contribution in [2.45, 2.75) is 13.8 Å². The molecule has 80 valence electrons. The molecule has 0 saturated carbocycles. The van der Waals surface area contributed by atoms with Crippen LogP contribution in [0.1, 0.15) is 11.1 Å². The molecule has 0 aliphatic carbocycles. The number of anilines is 1. The second kappa shape index (κ2) is 4.49. The first kappa shape index (κ1) is 11.8. The highest BCUT2D eigenvalue weighted by Crippen LogP contribution is 2.19. The molecule has 0 spiro atoms. The lowest BCUT2D eigenvalue weighted by Crippen LogP contribution is -2.25. The summed E-state index contributed by atoms with van der Waals surface area (Å²) in [5.41, 5.74) is 3.06. The molecule has 2 nitrogen and oxygen atoms in total. The van der Waals surface area contributed by atoms with E-state index in [1.807, 2.05) is 26.0 Å². The Bertz CT molecular complexity index is 392. The summed E-state index contributed by atoms with van der Waals surface area (Å²) in [5, 5.41) is 0.0247. The van der Waals surface area contributed by atoms with Gasteiger partial charge >= 0.3 is 0 Å². The molecular formula is C12H14ClNO. The van der Waals surface area contributed by atoms with Crippen molar-refractivity contribution in [2.75, 3.05) is 11.9 Å². The van der Waals surface area contributed by atoms with E-state index in [0.717, 1.165) is 16.8 Å². The molecule has 0 saturated heterocycles. The normalized spacial score (nSPS) is 9.87. The SMILES string of the molecule is C=C(Cl)C(=O)N(C)c1cc(C)cc(C)c1. The highest BCUT2D eigenvalue weighted by Gasteiger charge is 2.12. The van der Waals surface area contributed by atoms with Gasteiger partial charge in [0.05, 0.1) is 5.03 Å². The lowest BCUT2D eigenvalue weighted by molar-refractivity contribution is -0.114. The van der Waals surface area contributed by atoms with Crippen LogP contribution in [0.4, 0.5) is 5.69 Å². The first-order valence-electron chi connectivity index (χ1n) is 4.62. The van der Waals surface area contributed by atoms with Gasteiger partial charge in [-0.1, -0.05) is 24.2 Å². The van der Waals surface area contributed by atoms with Crippen molar-refractivity contribution in [3.05, 3.63) is 40.9 Å². The predicted molar refractivity (Wildman–Crippen MR) is 64.3 cm³/mol. The number of nitrogens with zero attached hydrogens (tertiary/aromatic N) is 1. The monoisotopic (exact) mass is 223 g/mol. The maximum absolute atomic E-state index is 11.6. The Morgan fingerprint density at radius 2 is 1.73 bits per heavy atom. The van der Waals surface area contributed by atoms with Crippen molar-refractivity contribution >= 4 is 23.2 Å². The van der Waals surface area contributed by atoms with E-state index >= 15 is 0 Å². The van der Waals surface area contributed by atoms with E-state index in [-0.39, 0.29) is 10.9 Å². The van der Waals surface area contributed by atoms with E-state index in [2.05, 4.69) is 12.6 Å². The highest BCUT2D eigenvalue weighted by molar-refractivity contribution is 6.43. The summed E-state index contributed by atoms with van der Waals surface area (Å²) in [5.74, 6) is -0.276. The maximum atomic E-state index is 11.6. The molecule has 1 rings (SSSR count). The Kier molecular flexibility index (Phi) is 3.53. The molecule has 15 heavy (non-hydrogen) atoms. The average molecular weight is 224 g/mol. The number of hydrogen-bond acceptors (Lipinski definition) is 1. The summed E-state index contributed by atoms with van der Waals surface area (Å²) in [6.07, 6.45) is 0. The van der Waals surface area contributed by atoms with E-state index in [1.54, 1.807) is 7.05 Å². The molecule has 0 fully saturated rings. The summed E-state index contributed by atoms with van der Waals surface area (Å²) in [6, 6.07) is 5.92. The second-order valence-corrected chi connectivity index (χ2v) is 4.07. The molecule has 0 bridgehead atoms. The van der Waals surface area contributed by atoms with Gasteiger partial charge in [0.15, 0.2) is 0 Å². The van der Waals surface area contributed by atoms with Crippen LogP contribution in [-0.2, 0) is 4.79 Å². The minimum absolute atomic E-state index is 0.0247. The average Bonchev–Trinajstić information content (AvgIpc) is 2.13. The predicted octanol–water partition coefficient (Wildman–Crippen LogP) is 3.02. The molecule has 1 aromatic rings. The zero-order valence-electron chi connectivity index (χ0n) is 9.17. The van der Waals surface area contributed by atoms with E-state index in [0.29, 0.717) is 0 Å². The molecule has 0 heterocycles. The first-order chi connectivity index (χ1) is 6.91. The van der Waals surface area contributed by atoms with E-state index in [9.17, 15) is 4.79 Å². The Morgan fingerprint density at radius 3 is 2.13 bits per heavy atom. The summed E-state index contributed by atoms with van der Waals surface area (Å²) < 4.78 is 0. The van der Waals surface area contributed by atoms with Crippen LogP contribution in [-0.4, -0.2) is 13.0 Å². The third-order valence-electron chi connectivity index (χ3n) is 2.13. The van der Waals surface area contributed by atoms with Gasteiger partial charge in [0, 0.05) is 12.7 Å². The molecule has 0 N–H and O–H groups in total. The van der Waals surface area contributed by atoms with Gasteiger partial charge in [-0.15, -0.1) is 0 Å². The van der Waals surface area contributed by atoms with Crippen LogP contribution >= 0.6 is 11.6 Å². The molecule has 0 atom stereocenters. The van der Waals surface area contributed by atoms with E-state index < -0.39 is 0 Å². The molecule has 0 aliphatic heterocycles. The zero-order valence-corrected chi connectivity index (χ0v) is 9.93.